The molecule has 0 radical (unpaired) electrons. The second kappa shape index (κ2) is 8.15. The van der Waals surface area contributed by atoms with Crippen LogP contribution in [0.4, 0.5) is 0 Å². The second-order valence-electron chi connectivity index (χ2n) is 7.59. The fourth-order valence-corrected chi connectivity index (χ4v) is 3.92. The van der Waals surface area contributed by atoms with Crippen LogP contribution in [0.5, 0.6) is 5.75 Å². The highest BCUT2D eigenvalue weighted by atomic mass is 16.6. The summed E-state index contributed by atoms with van der Waals surface area (Å²) in [7, 11) is 1.70. The van der Waals surface area contributed by atoms with E-state index in [4.69, 9.17) is 9.57 Å². The topological polar surface area (TPSA) is 69.9 Å². The Kier molecular flexibility index (Phi) is 5.03. The van der Waals surface area contributed by atoms with Crippen LogP contribution in [0.2, 0.25) is 0 Å². The van der Waals surface area contributed by atoms with Crippen molar-refractivity contribution >= 4 is 22.6 Å². The van der Waals surface area contributed by atoms with Gasteiger partial charge in [-0.1, -0.05) is 65.8 Å². The first-order valence-electron chi connectivity index (χ1n) is 10.3. The second-order valence-corrected chi connectivity index (χ2v) is 7.59. The lowest BCUT2D eigenvalue weighted by molar-refractivity contribution is 0.0736. The third-order valence-electron chi connectivity index (χ3n) is 5.59. The Morgan fingerprint density at radius 1 is 0.969 bits per heavy atom. The van der Waals surface area contributed by atoms with Crippen LogP contribution in [-0.2, 0) is 11.9 Å². The van der Waals surface area contributed by atoms with Crippen molar-refractivity contribution in [1.29, 1.82) is 0 Å². The van der Waals surface area contributed by atoms with E-state index in [0.29, 0.717) is 28.6 Å². The van der Waals surface area contributed by atoms with Crippen LogP contribution >= 0.6 is 0 Å². The molecule has 0 spiro atoms. The summed E-state index contributed by atoms with van der Waals surface area (Å²) in [6, 6.07) is 25.7. The van der Waals surface area contributed by atoms with Crippen molar-refractivity contribution in [3.05, 3.63) is 112 Å². The van der Waals surface area contributed by atoms with Gasteiger partial charge in [0.15, 0.2) is 11.9 Å². The van der Waals surface area contributed by atoms with Crippen molar-refractivity contribution in [2.45, 2.75) is 12.5 Å². The van der Waals surface area contributed by atoms with Gasteiger partial charge in [-0.3, -0.25) is 4.79 Å². The fraction of sp³-hybridized carbons (Fsp3) is 0.115. The SMILES string of the molecule is Cn1c(=O)c(C2=NO[C@@H](c3ccccc3)C2)c(OC(=O)c2ccccc2)c2ccccc21. The van der Waals surface area contributed by atoms with Gasteiger partial charge in [0.1, 0.15) is 11.3 Å². The molecule has 32 heavy (non-hydrogen) atoms. The van der Waals surface area contributed by atoms with Crippen molar-refractivity contribution in [2.75, 3.05) is 0 Å². The highest BCUT2D eigenvalue weighted by Gasteiger charge is 2.30. The van der Waals surface area contributed by atoms with Gasteiger partial charge in [-0.15, -0.1) is 0 Å². The number of benzene rings is 3. The first-order valence-corrected chi connectivity index (χ1v) is 10.3. The smallest absolute Gasteiger partial charge is 0.343 e. The molecule has 1 aliphatic rings. The number of pyridine rings is 1. The van der Waals surface area contributed by atoms with Gasteiger partial charge < -0.3 is 14.1 Å². The molecule has 158 valence electrons. The lowest BCUT2D eigenvalue weighted by atomic mass is 9.99. The molecule has 6 heteroatoms. The summed E-state index contributed by atoms with van der Waals surface area (Å²) in [6.45, 7) is 0. The number of para-hydroxylation sites is 1. The highest BCUT2D eigenvalue weighted by Crippen LogP contribution is 2.34. The number of rotatable bonds is 4. The van der Waals surface area contributed by atoms with Gasteiger partial charge in [0, 0.05) is 18.9 Å². The summed E-state index contributed by atoms with van der Waals surface area (Å²) in [4.78, 5) is 31.9. The van der Waals surface area contributed by atoms with Gasteiger partial charge in [-0.25, -0.2) is 4.79 Å². The quantitative estimate of drug-likeness (QED) is 0.448. The average molecular weight is 424 g/mol. The van der Waals surface area contributed by atoms with Crippen LogP contribution in [-0.4, -0.2) is 16.2 Å². The number of carbonyl (C=O) groups is 1. The highest BCUT2D eigenvalue weighted by molar-refractivity contribution is 6.08. The molecule has 2 heterocycles. The Morgan fingerprint density at radius 3 is 2.38 bits per heavy atom. The molecule has 5 rings (SSSR count). The van der Waals surface area contributed by atoms with Crippen molar-refractivity contribution in [1.82, 2.24) is 4.57 Å². The molecule has 0 aliphatic carbocycles. The van der Waals surface area contributed by atoms with E-state index in [1.807, 2.05) is 60.7 Å². The molecule has 0 saturated carbocycles. The van der Waals surface area contributed by atoms with Crippen molar-refractivity contribution in [2.24, 2.45) is 12.2 Å². The summed E-state index contributed by atoms with van der Waals surface area (Å²) in [6.07, 6.45) is 0.0908. The predicted molar refractivity (Wildman–Crippen MR) is 122 cm³/mol. The monoisotopic (exact) mass is 424 g/mol. The number of esters is 1. The number of fused-ring (bicyclic) bond motifs is 1. The predicted octanol–water partition coefficient (Wildman–Crippen LogP) is 4.62. The van der Waals surface area contributed by atoms with E-state index in [1.54, 1.807) is 35.9 Å². The summed E-state index contributed by atoms with van der Waals surface area (Å²) in [5.74, 6) is -0.335. The van der Waals surface area contributed by atoms with E-state index in [2.05, 4.69) is 5.16 Å². The maximum atomic E-state index is 13.4. The number of ether oxygens (including phenoxy) is 1. The van der Waals surface area contributed by atoms with Gasteiger partial charge in [-0.05, 0) is 29.8 Å². The Balaban J connectivity index is 1.62. The Morgan fingerprint density at radius 2 is 1.62 bits per heavy atom. The number of hydrogen-bond donors (Lipinski definition) is 0. The number of carbonyl (C=O) groups excluding carboxylic acids is 1. The van der Waals surface area contributed by atoms with Crippen molar-refractivity contribution < 1.29 is 14.4 Å². The van der Waals surface area contributed by atoms with E-state index in [1.165, 1.54) is 0 Å². The summed E-state index contributed by atoms with van der Waals surface area (Å²) < 4.78 is 7.39. The Bertz CT molecular complexity index is 1390. The van der Waals surface area contributed by atoms with Crippen LogP contribution in [0.3, 0.4) is 0 Å². The fourth-order valence-electron chi connectivity index (χ4n) is 3.92. The van der Waals surface area contributed by atoms with E-state index < -0.39 is 5.97 Å². The first-order chi connectivity index (χ1) is 15.6. The van der Waals surface area contributed by atoms with Gasteiger partial charge in [-0.2, -0.15) is 0 Å². The third-order valence-corrected chi connectivity index (χ3v) is 5.59. The van der Waals surface area contributed by atoms with E-state index >= 15 is 0 Å². The molecule has 6 nitrogen and oxygen atoms in total. The van der Waals surface area contributed by atoms with Crippen LogP contribution in [0, 0.1) is 0 Å². The van der Waals surface area contributed by atoms with Gasteiger partial charge >= 0.3 is 5.97 Å². The average Bonchev–Trinajstić information content (AvgIpc) is 3.33. The minimum Gasteiger partial charge on any atom is -0.421 e. The number of aromatic nitrogens is 1. The molecular formula is C26H20N2O4. The molecule has 1 atom stereocenters. The maximum Gasteiger partial charge on any atom is 0.343 e. The Labute approximate surface area is 184 Å². The lowest BCUT2D eigenvalue weighted by Gasteiger charge is -2.15. The normalized spacial score (nSPS) is 15.3. The van der Waals surface area contributed by atoms with Crippen molar-refractivity contribution in [3.8, 4) is 5.75 Å². The van der Waals surface area contributed by atoms with Crippen LogP contribution in [0.1, 0.15) is 34.0 Å². The van der Waals surface area contributed by atoms with Crippen LogP contribution in [0.25, 0.3) is 10.9 Å². The van der Waals surface area contributed by atoms with Gasteiger partial charge in [0.25, 0.3) is 5.56 Å². The lowest BCUT2D eigenvalue weighted by Crippen LogP contribution is -2.27. The summed E-state index contributed by atoms with van der Waals surface area (Å²) >= 11 is 0. The standard InChI is InChI=1S/C26H20N2O4/c1-28-21-15-9-8-14-19(21)24(31-26(30)18-12-6-3-7-13-18)23(25(28)29)20-16-22(32-27-20)17-10-4-2-5-11-17/h2-15,22H,16H2,1H3/t22-/m1/s1. The summed E-state index contributed by atoms with van der Waals surface area (Å²) in [5.41, 5.74) is 2.43. The molecule has 0 bridgehead atoms. The first kappa shape index (κ1) is 19.8. The van der Waals surface area contributed by atoms with Crippen LogP contribution < -0.4 is 10.3 Å². The molecule has 4 aromatic rings. The van der Waals surface area contributed by atoms with Crippen molar-refractivity contribution in [3.63, 3.8) is 0 Å². The molecule has 1 aliphatic heterocycles. The number of hydrogen-bond acceptors (Lipinski definition) is 5. The molecular weight excluding hydrogens is 404 g/mol. The number of aryl methyl sites for hydroxylation is 1. The largest absolute Gasteiger partial charge is 0.421 e. The number of nitrogens with zero attached hydrogens (tertiary/aromatic N) is 2. The van der Waals surface area contributed by atoms with Gasteiger partial charge in [0.05, 0.1) is 11.1 Å². The molecule has 1 aromatic heterocycles. The summed E-state index contributed by atoms with van der Waals surface area (Å²) in [5, 5.41) is 4.88. The van der Waals surface area contributed by atoms with Gasteiger partial charge in [0.2, 0.25) is 0 Å². The molecule has 0 amide bonds. The third kappa shape index (κ3) is 3.46. The van der Waals surface area contributed by atoms with E-state index in [9.17, 15) is 9.59 Å². The van der Waals surface area contributed by atoms with Crippen LogP contribution in [0.15, 0.2) is 94.9 Å². The molecule has 0 fully saturated rings. The molecule has 0 saturated heterocycles. The molecule has 0 N–H and O–H groups in total. The zero-order chi connectivity index (χ0) is 22.1. The van der Waals surface area contributed by atoms with E-state index in [-0.39, 0.29) is 23.0 Å². The number of oxime groups is 1. The minimum atomic E-state index is -0.538. The zero-order valence-corrected chi connectivity index (χ0v) is 17.4. The molecule has 0 unspecified atom stereocenters. The van der Waals surface area contributed by atoms with E-state index in [0.717, 1.165) is 5.56 Å². The maximum absolute atomic E-state index is 13.4. The Hall–Kier alpha value is -4.19. The zero-order valence-electron chi connectivity index (χ0n) is 17.4. The molecule has 3 aromatic carbocycles. The minimum absolute atomic E-state index is 0.202.